The average molecular weight is 302 g/mol. The molecular formula is C12H4Cl3FN2. The van der Waals surface area contributed by atoms with Gasteiger partial charge in [0, 0.05) is 17.3 Å². The highest BCUT2D eigenvalue weighted by Crippen LogP contribution is 2.35. The molecule has 0 amide bonds. The Labute approximate surface area is 118 Å². The maximum atomic E-state index is 13.5. The molecule has 2 aromatic rings. The number of rotatable bonds is 1. The fraction of sp³-hybridized carbons (Fsp3) is 0. The predicted octanol–water partition coefficient (Wildman–Crippen LogP) is 4.72. The largest absolute Gasteiger partial charge is 0.242 e. The smallest absolute Gasteiger partial charge is 0.176 e. The Hall–Kier alpha value is -1.34. The second kappa shape index (κ2) is 5.11. The van der Waals surface area contributed by atoms with Crippen molar-refractivity contribution in [1.29, 1.82) is 5.26 Å². The van der Waals surface area contributed by atoms with E-state index in [4.69, 9.17) is 40.1 Å². The zero-order chi connectivity index (χ0) is 13.3. The molecule has 0 aliphatic heterocycles. The van der Waals surface area contributed by atoms with E-state index in [0.29, 0.717) is 26.2 Å². The number of pyridine rings is 1. The Kier molecular flexibility index (Phi) is 3.72. The van der Waals surface area contributed by atoms with Gasteiger partial charge in [-0.2, -0.15) is 5.26 Å². The van der Waals surface area contributed by atoms with Crippen LogP contribution in [0.15, 0.2) is 24.4 Å². The zero-order valence-corrected chi connectivity index (χ0v) is 11.0. The van der Waals surface area contributed by atoms with E-state index in [1.807, 2.05) is 0 Å². The van der Waals surface area contributed by atoms with Gasteiger partial charge in [0.2, 0.25) is 0 Å². The molecule has 0 spiro atoms. The summed E-state index contributed by atoms with van der Waals surface area (Å²) in [5.41, 5.74) is 0.659. The Morgan fingerprint density at radius 1 is 1.06 bits per heavy atom. The first-order valence-corrected chi connectivity index (χ1v) is 5.87. The van der Waals surface area contributed by atoms with Crippen LogP contribution in [-0.4, -0.2) is 4.98 Å². The van der Waals surface area contributed by atoms with Gasteiger partial charge < -0.3 is 0 Å². The summed E-state index contributed by atoms with van der Waals surface area (Å²) in [6.07, 6.45) is 1.35. The van der Waals surface area contributed by atoms with Gasteiger partial charge in [-0.15, -0.1) is 0 Å². The molecule has 0 saturated carbocycles. The minimum atomic E-state index is -0.711. The van der Waals surface area contributed by atoms with Gasteiger partial charge in [0.05, 0.1) is 15.1 Å². The van der Waals surface area contributed by atoms with E-state index in [1.165, 1.54) is 24.4 Å². The monoisotopic (exact) mass is 300 g/mol. The van der Waals surface area contributed by atoms with Gasteiger partial charge in [-0.05, 0) is 18.2 Å². The average Bonchev–Trinajstić information content (AvgIpc) is 2.33. The lowest BCUT2D eigenvalue weighted by atomic mass is 10.1. The number of nitriles is 1. The van der Waals surface area contributed by atoms with E-state index >= 15 is 0 Å². The highest BCUT2D eigenvalue weighted by Gasteiger charge is 2.11. The van der Waals surface area contributed by atoms with Crippen molar-refractivity contribution in [2.75, 3.05) is 0 Å². The molecule has 0 atom stereocenters. The van der Waals surface area contributed by atoms with Crippen molar-refractivity contribution in [2.24, 2.45) is 0 Å². The summed E-state index contributed by atoms with van der Waals surface area (Å²) < 4.78 is 13.5. The lowest BCUT2D eigenvalue weighted by Gasteiger charge is -2.06. The molecular weight excluding hydrogens is 298 g/mol. The van der Waals surface area contributed by atoms with Gasteiger partial charge >= 0.3 is 0 Å². The van der Waals surface area contributed by atoms with Crippen LogP contribution >= 0.6 is 34.8 Å². The fourth-order valence-corrected chi connectivity index (χ4v) is 2.07. The summed E-state index contributed by atoms with van der Waals surface area (Å²) in [4.78, 5) is 3.70. The summed E-state index contributed by atoms with van der Waals surface area (Å²) >= 11 is 17.7. The molecule has 1 heterocycles. The summed E-state index contributed by atoms with van der Waals surface area (Å²) in [5, 5.41) is 9.55. The van der Waals surface area contributed by atoms with E-state index in [9.17, 15) is 4.39 Å². The first kappa shape index (κ1) is 13.1. The number of hydrogen-bond donors (Lipinski definition) is 0. The SMILES string of the molecule is N#Cc1ncc(-c2cc(Cl)c(Cl)cc2Cl)cc1F. The molecule has 18 heavy (non-hydrogen) atoms. The van der Waals surface area contributed by atoms with Gasteiger partial charge in [0.25, 0.3) is 0 Å². The van der Waals surface area contributed by atoms with Crippen LogP contribution in [0.3, 0.4) is 0 Å². The Bertz CT molecular complexity index is 665. The second-order valence-electron chi connectivity index (χ2n) is 3.41. The molecule has 0 N–H and O–H groups in total. The molecule has 90 valence electrons. The van der Waals surface area contributed by atoms with Crippen LogP contribution in [0, 0.1) is 17.1 Å². The molecule has 2 nitrogen and oxygen atoms in total. The van der Waals surface area contributed by atoms with Crippen molar-refractivity contribution in [1.82, 2.24) is 4.98 Å². The van der Waals surface area contributed by atoms with Crippen molar-refractivity contribution >= 4 is 34.8 Å². The van der Waals surface area contributed by atoms with Crippen LogP contribution in [0.25, 0.3) is 11.1 Å². The first-order valence-electron chi connectivity index (χ1n) is 4.73. The van der Waals surface area contributed by atoms with Crippen molar-refractivity contribution < 1.29 is 4.39 Å². The first-order chi connectivity index (χ1) is 8.52. The molecule has 1 aromatic heterocycles. The highest BCUT2D eigenvalue weighted by molar-refractivity contribution is 6.44. The molecule has 6 heteroatoms. The quantitative estimate of drug-likeness (QED) is 0.715. The normalized spacial score (nSPS) is 10.2. The predicted molar refractivity (Wildman–Crippen MR) is 69.4 cm³/mol. The van der Waals surface area contributed by atoms with Crippen LogP contribution in [0.4, 0.5) is 4.39 Å². The van der Waals surface area contributed by atoms with Crippen LogP contribution in [0.2, 0.25) is 15.1 Å². The Balaban J connectivity index is 2.60. The maximum absolute atomic E-state index is 13.5. The van der Waals surface area contributed by atoms with Gasteiger partial charge in [0.15, 0.2) is 11.5 Å². The summed E-state index contributed by atoms with van der Waals surface area (Å²) in [7, 11) is 0. The zero-order valence-electron chi connectivity index (χ0n) is 8.72. The van der Waals surface area contributed by atoms with Crippen LogP contribution in [-0.2, 0) is 0 Å². The number of nitrogens with zero attached hydrogens (tertiary/aromatic N) is 2. The number of halogens is 4. The van der Waals surface area contributed by atoms with Gasteiger partial charge in [0.1, 0.15) is 6.07 Å². The van der Waals surface area contributed by atoms with Crippen LogP contribution < -0.4 is 0 Å². The third-order valence-electron chi connectivity index (χ3n) is 2.27. The molecule has 1 aromatic carbocycles. The Morgan fingerprint density at radius 2 is 1.72 bits per heavy atom. The standard InChI is InChI=1S/C12H4Cl3FN2/c13-8-3-10(15)9(14)2-7(8)6-1-11(16)12(4-17)18-5-6/h1-3,5H. The molecule has 0 radical (unpaired) electrons. The number of hydrogen-bond acceptors (Lipinski definition) is 2. The van der Waals surface area contributed by atoms with Gasteiger partial charge in [-0.25, -0.2) is 9.37 Å². The molecule has 0 bridgehead atoms. The highest BCUT2D eigenvalue weighted by atomic mass is 35.5. The molecule has 0 saturated heterocycles. The van der Waals surface area contributed by atoms with Crippen molar-refractivity contribution in [3.8, 4) is 17.2 Å². The van der Waals surface area contributed by atoms with Crippen LogP contribution in [0.5, 0.6) is 0 Å². The molecule has 0 unspecified atom stereocenters. The lowest BCUT2D eigenvalue weighted by Crippen LogP contribution is -1.91. The number of aromatic nitrogens is 1. The summed E-state index contributed by atoms with van der Waals surface area (Å²) in [6.45, 7) is 0. The molecule has 2 rings (SSSR count). The minimum Gasteiger partial charge on any atom is -0.242 e. The van der Waals surface area contributed by atoms with Crippen molar-refractivity contribution in [3.63, 3.8) is 0 Å². The topological polar surface area (TPSA) is 36.7 Å². The van der Waals surface area contributed by atoms with E-state index < -0.39 is 5.82 Å². The third kappa shape index (κ3) is 2.41. The minimum absolute atomic E-state index is 0.269. The van der Waals surface area contributed by atoms with E-state index in [-0.39, 0.29) is 5.69 Å². The van der Waals surface area contributed by atoms with E-state index in [2.05, 4.69) is 4.98 Å². The van der Waals surface area contributed by atoms with E-state index in [0.717, 1.165) is 0 Å². The Morgan fingerprint density at radius 3 is 2.33 bits per heavy atom. The van der Waals surface area contributed by atoms with Gasteiger partial charge in [-0.1, -0.05) is 34.8 Å². The van der Waals surface area contributed by atoms with Crippen LogP contribution in [0.1, 0.15) is 5.69 Å². The van der Waals surface area contributed by atoms with Crippen molar-refractivity contribution in [2.45, 2.75) is 0 Å². The fourth-order valence-electron chi connectivity index (χ4n) is 1.41. The summed E-state index contributed by atoms with van der Waals surface area (Å²) in [5.74, 6) is -0.711. The molecule has 0 fully saturated rings. The molecule has 0 aliphatic rings. The second-order valence-corrected chi connectivity index (χ2v) is 4.63. The number of benzene rings is 1. The van der Waals surface area contributed by atoms with Crippen molar-refractivity contribution in [3.05, 3.63) is 51.0 Å². The maximum Gasteiger partial charge on any atom is 0.176 e. The van der Waals surface area contributed by atoms with Gasteiger partial charge in [-0.3, -0.25) is 0 Å². The summed E-state index contributed by atoms with van der Waals surface area (Å²) in [6, 6.07) is 5.81. The molecule has 0 aliphatic carbocycles. The van der Waals surface area contributed by atoms with E-state index in [1.54, 1.807) is 6.07 Å². The third-order valence-corrected chi connectivity index (χ3v) is 3.30. The lowest BCUT2D eigenvalue weighted by molar-refractivity contribution is 0.617.